The highest BCUT2D eigenvalue weighted by Crippen LogP contribution is 2.37. The molecule has 5 N–H and O–H groups in total. The zero-order valence-corrected chi connectivity index (χ0v) is 13.9. The summed E-state index contributed by atoms with van der Waals surface area (Å²) in [5.74, 6) is -0.0425. The number of phenolic OH excluding ortho intramolecular Hbond substituents is 1. The summed E-state index contributed by atoms with van der Waals surface area (Å²) in [6.07, 6.45) is 1.67. The van der Waals surface area contributed by atoms with E-state index in [0.29, 0.717) is 25.7 Å². The number of aliphatic hydroxyl groups excluding tert-OH is 1. The normalized spacial score (nSPS) is 25.0. The van der Waals surface area contributed by atoms with Gasteiger partial charge in [-0.25, -0.2) is 4.79 Å². The van der Waals surface area contributed by atoms with Crippen molar-refractivity contribution in [3.8, 4) is 5.75 Å². The van der Waals surface area contributed by atoms with Crippen molar-refractivity contribution in [2.45, 2.75) is 63.7 Å². The molecule has 23 heavy (non-hydrogen) atoms. The molecule has 0 saturated heterocycles. The molecular formula is C17H26N2O4. The quantitative estimate of drug-likeness (QED) is 0.627. The van der Waals surface area contributed by atoms with Crippen LogP contribution in [0.15, 0.2) is 18.2 Å². The Hall–Kier alpha value is -1.79. The molecule has 0 radical (unpaired) electrons. The zero-order valence-electron chi connectivity index (χ0n) is 13.9. The van der Waals surface area contributed by atoms with Crippen molar-refractivity contribution in [3.05, 3.63) is 23.8 Å². The van der Waals surface area contributed by atoms with Crippen molar-refractivity contribution in [1.29, 1.82) is 0 Å². The van der Waals surface area contributed by atoms with E-state index in [1.165, 1.54) is 6.07 Å². The number of hydrogen-bond acceptors (Lipinski definition) is 5. The Kier molecular flexibility index (Phi) is 4.87. The second-order valence-corrected chi connectivity index (χ2v) is 7.25. The lowest BCUT2D eigenvalue weighted by Crippen LogP contribution is -2.41. The van der Waals surface area contributed by atoms with E-state index in [1.807, 2.05) is 0 Å². The predicted molar refractivity (Wildman–Crippen MR) is 88.3 cm³/mol. The maximum atomic E-state index is 11.9. The first-order valence-corrected chi connectivity index (χ1v) is 7.89. The standard InChI is InChI=1S/C17H26N2O4/c1-16(2,3)23-15(22)19-13-10-11(4-5-14(13)21)17(18)8-6-12(20)7-9-17/h4-5,10,12,20-21H,6-9,18H2,1-3H3,(H,19,22). The van der Waals surface area contributed by atoms with Crippen molar-refractivity contribution < 1.29 is 19.7 Å². The van der Waals surface area contributed by atoms with Crippen LogP contribution in [0.4, 0.5) is 10.5 Å². The molecule has 6 heteroatoms. The van der Waals surface area contributed by atoms with Crippen LogP contribution in [0.25, 0.3) is 0 Å². The van der Waals surface area contributed by atoms with E-state index in [2.05, 4.69) is 5.32 Å². The molecule has 0 heterocycles. The monoisotopic (exact) mass is 322 g/mol. The maximum Gasteiger partial charge on any atom is 0.412 e. The van der Waals surface area contributed by atoms with Crippen molar-refractivity contribution >= 4 is 11.8 Å². The lowest BCUT2D eigenvalue weighted by molar-refractivity contribution is 0.0635. The Balaban J connectivity index is 2.17. The first kappa shape index (κ1) is 17.6. The van der Waals surface area contributed by atoms with Crippen LogP contribution in [0.5, 0.6) is 5.75 Å². The van der Waals surface area contributed by atoms with Crippen LogP contribution in [-0.4, -0.2) is 28.0 Å². The predicted octanol–water partition coefficient (Wildman–Crippen LogP) is 2.83. The number of amides is 1. The average Bonchev–Trinajstić information content (AvgIpc) is 2.42. The van der Waals surface area contributed by atoms with Gasteiger partial charge in [0, 0.05) is 5.54 Å². The third kappa shape index (κ3) is 4.59. The van der Waals surface area contributed by atoms with Crippen LogP contribution < -0.4 is 11.1 Å². The van der Waals surface area contributed by atoms with E-state index in [1.54, 1.807) is 32.9 Å². The summed E-state index contributed by atoms with van der Waals surface area (Å²) >= 11 is 0. The zero-order chi connectivity index (χ0) is 17.3. The Morgan fingerprint density at radius 3 is 2.52 bits per heavy atom. The minimum absolute atomic E-state index is 0.0425. The Bertz CT molecular complexity index is 572. The summed E-state index contributed by atoms with van der Waals surface area (Å²) in [4.78, 5) is 11.9. The molecule has 1 fully saturated rings. The number of hydrogen-bond donors (Lipinski definition) is 4. The van der Waals surface area contributed by atoms with Crippen molar-refractivity contribution in [2.75, 3.05) is 5.32 Å². The van der Waals surface area contributed by atoms with Gasteiger partial charge in [-0.3, -0.25) is 5.32 Å². The molecule has 1 aliphatic rings. The highest BCUT2D eigenvalue weighted by atomic mass is 16.6. The smallest absolute Gasteiger partial charge is 0.412 e. The van der Waals surface area contributed by atoms with E-state index in [0.717, 1.165) is 5.56 Å². The van der Waals surface area contributed by atoms with Gasteiger partial charge in [-0.05, 0) is 64.2 Å². The molecule has 0 atom stereocenters. The molecule has 1 aromatic rings. The fourth-order valence-electron chi connectivity index (χ4n) is 2.77. The topological polar surface area (TPSA) is 105 Å². The van der Waals surface area contributed by atoms with E-state index in [9.17, 15) is 15.0 Å². The Labute approximate surface area is 136 Å². The van der Waals surface area contributed by atoms with Gasteiger partial charge in [-0.1, -0.05) is 6.07 Å². The second-order valence-electron chi connectivity index (χ2n) is 7.25. The molecule has 1 aromatic carbocycles. The van der Waals surface area contributed by atoms with E-state index in [-0.39, 0.29) is 17.5 Å². The molecule has 6 nitrogen and oxygen atoms in total. The molecule has 2 rings (SSSR count). The van der Waals surface area contributed by atoms with Crippen LogP contribution in [0.2, 0.25) is 0 Å². The number of aromatic hydroxyl groups is 1. The summed E-state index contributed by atoms with van der Waals surface area (Å²) < 4.78 is 5.20. The number of rotatable bonds is 2. The fraction of sp³-hybridized carbons (Fsp3) is 0.588. The molecule has 0 spiro atoms. The molecule has 0 unspecified atom stereocenters. The summed E-state index contributed by atoms with van der Waals surface area (Å²) in [5, 5.41) is 22.2. The third-order valence-electron chi connectivity index (χ3n) is 4.05. The molecule has 1 amide bonds. The van der Waals surface area contributed by atoms with Gasteiger partial charge < -0.3 is 20.7 Å². The highest BCUT2D eigenvalue weighted by Gasteiger charge is 2.33. The number of benzene rings is 1. The van der Waals surface area contributed by atoms with Gasteiger partial charge in [-0.15, -0.1) is 0 Å². The lowest BCUT2D eigenvalue weighted by Gasteiger charge is -2.36. The number of ether oxygens (including phenoxy) is 1. The Morgan fingerprint density at radius 2 is 1.96 bits per heavy atom. The van der Waals surface area contributed by atoms with Crippen molar-refractivity contribution in [3.63, 3.8) is 0 Å². The number of carbonyl (C=O) groups is 1. The molecule has 1 saturated carbocycles. The van der Waals surface area contributed by atoms with Gasteiger partial charge >= 0.3 is 6.09 Å². The van der Waals surface area contributed by atoms with Crippen LogP contribution in [-0.2, 0) is 10.3 Å². The van der Waals surface area contributed by atoms with Gasteiger partial charge in [0.1, 0.15) is 11.4 Å². The fourth-order valence-corrected chi connectivity index (χ4v) is 2.77. The van der Waals surface area contributed by atoms with Crippen LogP contribution >= 0.6 is 0 Å². The first-order valence-electron chi connectivity index (χ1n) is 7.89. The number of nitrogens with two attached hydrogens (primary N) is 1. The van der Waals surface area contributed by atoms with Crippen molar-refractivity contribution in [2.24, 2.45) is 5.73 Å². The van der Waals surface area contributed by atoms with Crippen LogP contribution in [0.1, 0.15) is 52.0 Å². The number of nitrogens with one attached hydrogen (secondary N) is 1. The van der Waals surface area contributed by atoms with E-state index < -0.39 is 17.2 Å². The maximum absolute atomic E-state index is 11.9. The molecule has 1 aliphatic carbocycles. The SMILES string of the molecule is CC(C)(C)OC(=O)Nc1cc(C2(N)CCC(O)CC2)ccc1O. The number of phenols is 1. The third-order valence-corrected chi connectivity index (χ3v) is 4.05. The largest absolute Gasteiger partial charge is 0.506 e. The molecular weight excluding hydrogens is 296 g/mol. The molecule has 0 aliphatic heterocycles. The number of aliphatic hydroxyl groups is 1. The minimum atomic E-state index is -0.630. The van der Waals surface area contributed by atoms with Gasteiger partial charge in [0.15, 0.2) is 0 Å². The Morgan fingerprint density at radius 1 is 1.35 bits per heavy atom. The van der Waals surface area contributed by atoms with Crippen LogP contribution in [0, 0.1) is 0 Å². The molecule has 0 bridgehead atoms. The lowest BCUT2D eigenvalue weighted by atomic mass is 9.76. The summed E-state index contributed by atoms with van der Waals surface area (Å²) in [6.45, 7) is 5.31. The van der Waals surface area contributed by atoms with Gasteiger partial charge in [0.25, 0.3) is 0 Å². The average molecular weight is 322 g/mol. The minimum Gasteiger partial charge on any atom is -0.506 e. The van der Waals surface area contributed by atoms with Gasteiger partial charge in [-0.2, -0.15) is 0 Å². The second kappa shape index (κ2) is 6.37. The van der Waals surface area contributed by atoms with Crippen molar-refractivity contribution in [1.82, 2.24) is 0 Å². The van der Waals surface area contributed by atoms with Crippen LogP contribution in [0.3, 0.4) is 0 Å². The number of anilines is 1. The molecule has 128 valence electrons. The number of carbonyl (C=O) groups excluding carboxylic acids is 1. The summed E-state index contributed by atoms with van der Waals surface area (Å²) in [5.41, 5.74) is 6.38. The van der Waals surface area contributed by atoms with E-state index >= 15 is 0 Å². The van der Waals surface area contributed by atoms with Gasteiger partial charge in [0.05, 0.1) is 11.8 Å². The molecule has 0 aromatic heterocycles. The van der Waals surface area contributed by atoms with Gasteiger partial charge in [0.2, 0.25) is 0 Å². The van der Waals surface area contributed by atoms with E-state index in [4.69, 9.17) is 10.5 Å². The summed E-state index contributed by atoms with van der Waals surface area (Å²) in [7, 11) is 0. The highest BCUT2D eigenvalue weighted by molar-refractivity contribution is 5.87. The first-order chi connectivity index (χ1) is 10.6. The summed E-state index contributed by atoms with van der Waals surface area (Å²) in [6, 6.07) is 4.95.